The summed E-state index contributed by atoms with van der Waals surface area (Å²) in [7, 11) is -1.59. The van der Waals surface area contributed by atoms with E-state index < -0.39 is 8.32 Å². The maximum Gasteiger partial charge on any atom is 0.192 e. The van der Waals surface area contributed by atoms with Crippen LogP contribution in [0.2, 0.25) is 18.1 Å². The van der Waals surface area contributed by atoms with E-state index in [1.807, 2.05) is 0 Å². The molecule has 0 unspecified atom stereocenters. The minimum Gasteiger partial charge on any atom is -0.411 e. The first-order valence-corrected chi connectivity index (χ1v) is 10.1. The average molecular weight is 271 g/mol. The molecule has 0 aromatic heterocycles. The minimum atomic E-state index is -1.59. The van der Waals surface area contributed by atoms with E-state index >= 15 is 0 Å². The molecule has 0 amide bonds. The molecule has 1 heterocycles. The first-order valence-electron chi connectivity index (χ1n) is 7.19. The first kappa shape index (κ1) is 14.5. The van der Waals surface area contributed by atoms with Crippen LogP contribution in [0.3, 0.4) is 0 Å². The summed E-state index contributed by atoms with van der Waals surface area (Å²) in [5.41, 5.74) is 0.252. The van der Waals surface area contributed by atoms with Gasteiger partial charge in [-0.2, -0.15) is 0 Å². The van der Waals surface area contributed by atoms with Crippen LogP contribution in [-0.2, 0) is 4.43 Å². The van der Waals surface area contributed by atoms with Gasteiger partial charge in [0.2, 0.25) is 0 Å². The highest BCUT2D eigenvalue weighted by Crippen LogP contribution is 2.46. The molecule has 0 aromatic carbocycles. The molecular formula is C14H29NO2Si. The van der Waals surface area contributed by atoms with Crippen LogP contribution in [0.25, 0.3) is 0 Å². The Labute approximate surface area is 113 Å². The fourth-order valence-corrected chi connectivity index (χ4v) is 3.67. The number of hydrogen-bond donors (Lipinski definition) is 1. The Morgan fingerprint density at radius 3 is 2.22 bits per heavy atom. The van der Waals surface area contributed by atoms with Crippen LogP contribution in [0, 0.1) is 5.41 Å². The normalized spacial score (nSPS) is 25.0. The third kappa shape index (κ3) is 2.98. The largest absolute Gasteiger partial charge is 0.411 e. The van der Waals surface area contributed by atoms with Crippen LogP contribution in [0.1, 0.15) is 33.6 Å². The van der Waals surface area contributed by atoms with Gasteiger partial charge in [0.25, 0.3) is 0 Å². The number of aliphatic hydroxyl groups excluding tert-OH is 1. The summed E-state index contributed by atoms with van der Waals surface area (Å²) in [6, 6.07) is 0. The first-order chi connectivity index (χ1) is 8.17. The molecule has 1 saturated carbocycles. The van der Waals surface area contributed by atoms with Crippen molar-refractivity contribution >= 4 is 8.32 Å². The van der Waals surface area contributed by atoms with E-state index in [9.17, 15) is 5.11 Å². The Morgan fingerprint density at radius 2 is 1.83 bits per heavy atom. The zero-order valence-corrected chi connectivity index (χ0v) is 13.6. The topological polar surface area (TPSA) is 32.7 Å². The maximum atomic E-state index is 9.33. The molecule has 4 heteroatoms. The standard InChI is InChI=1S/C14H29NO2Si/c1-13(2,3)18(4,5)17-12-8-15(9-12)10-14(11-16)6-7-14/h12,16H,6-11H2,1-5H3. The molecule has 18 heavy (non-hydrogen) atoms. The fourth-order valence-electron chi connectivity index (χ4n) is 2.34. The number of likely N-dealkylation sites (tertiary alicyclic amines) is 1. The molecule has 0 aromatic rings. The molecule has 2 aliphatic rings. The van der Waals surface area contributed by atoms with E-state index in [4.69, 9.17) is 4.43 Å². The molecule has 3 nitrogen and oxygen atoms in total. The molecule has 1 N–H and O–H groups in total. The quantitative estimate of drug-likeness (QED) is 0.780. The van der Waals surface area contributed by atoms with Gasteiger partial charge >= 0.3 is 0 Å². The number of nitrogens with zero attached hydrogens (tertiary/aromatic N) is 1. The SMILES string of the molecule is CC(C)(C)[Si](C)(C)OC1CN(CC2(CO)CC2)C1. The van der Waals surface area contributed by atoms with Crippen molar-refractivity contribution in [2.45, 2.75) is 57.8 Å². The summed E-state index contributed by atoms with van der Waals surface area (Å²) < 4.78 is 6.37. The third-order valence-electron chi connectivity index (χ3n) is 5.04. The van der Waals surface area contributed by atoms with Gasteiger partial charge in [0.05, 0.1) is 6.10 Å². The fraction of sp³-hybridized carbons (Fsp3) is 1.00. The summed E-state index contributed by atoms with van der Waals surface area (Å²) >= 11 is 0. The van der Waals surface area contributed by atoms with Gasteiger partial charge in [-0.25, -0.2) is 0 Å². The molecule has 0 bridgehead atoms. The van der Waals surface area contributed by atoms with Gasteiger partial charge in [0.15, 0.2) is 8.32 Å². The summed E-state index contributed by atoms with van der Waals surface area (Å²) in [4.78, 5) is 2.45. The highest BCUT2D eigenvalue weighted by molar-refractivity contribution is 6.74. The Bertz CT molecular complexity index is 301. The number of rotatable bonds is 5. The Hall–Kier alpha value is 0.0969. The predicted octanol–water partition coefficient (Wildman–Crippen LogP) is 2.46. The third-order valence-corrected chi connectivity index (χ3v) is 9.58. The highest BCUT2D eigenvalue weighted by atomic mass is 28.4. The van der Waals surface area contributed by atoms with Crippen molar-refractivity contribution in [3.63, 3.8) is 0 Å². The molecule has 106 valence electrons. The van der Waals surface area contributed by atoms with Gasteiger partial charge in [-0.3, -0.25) is 4.90 Å². The maximum absolute atomic E-state index is 9.33. The molecule has 1 aliphatic carbocycles. The lowest BCUT2D eigenvalue weighted by molar-refractivity contribution is -0.00753. The lowest BCUT2D eigenvalue weighted by Crippen LogP contribution is -2.58. The predicted molar refractivity (Wildman–Crippen MR) is 77.3 cm³/mol. The van der Waals surface area contributed by atoms with E-state index in [0.29, 0.717) is 17.7 Å². The molecule has 2 fully saturated rings. The number of aliphatic hydroxyl groups is 1. The van der Waals surface area contributed by atoms with Crippen molar-refractivity contribution in [2.24, 2.45) is 5.41 Å². The molecule has 2 rings (SSSR count). The molecular weight excluding hydrogens is 242 g/mol. The molecule has 0 spiro atoms. The Kier molecular flexibility index (Phi) is 3.69. The van der Waals surface area contributed by atoms with E-state index in [2.05, 4.69) is 38.8 Å². The highest BCUT2D eigenvalue weighted by Gasteiger charge is 2.47. The second-order valence-electron chi connectivity index (χ2n) is 7.85. The van der Waals surface area contributed by atoms with Crippen LogP contribution in [-0.4, -0.2) is 50.7 Å². The molecule has 1 saturated heterocycles. The van der Waals surface area contributed by atoms with Crippen molar-refractivity contribution in [3.05, 3.63) is 0 Å². The van der Waals surface area contributed by atoms with Crippen LogP contribution >= 0.6 is 0 Å². The Balaban J connectivity index is 1.73. The second kappa shape index (κ2) is 4.58. The van der Waals surface area contributed by atoms with Crippen molar-refractivity contribution in [1.29, 1.82) is 0 Å². The van der Waals surface area contributed by atoms with Gasteiger partial charge in [-0.05, 0) is 31.0 Å². The van der Waals surface area contributed by atoms with Crippen LogP contribution in [0.15, 0.2) is 0 Å². The van der Waals surface area contributed by atoms with Crippen LogP contribution in [0.4, 0.5) is 0 Å². The van der Waals surface area contributed by atoms with Gasteiger partial charge in [0.1, 0.15) is 0 Å². The zero-order valence-electron chi connectivity index (χ0n) is 12.6. The molecule has 1 aliphatic heterocycles. The monoisotopic (exact) mass is 271 g/mol. The van der Waals surface area contributed by atoms with Gasteiger partial charge in [0, 0.05) is 31.7 Å². The Morgan fingerprint density at radius 1 is 1.28 bits per heavy atom. The summed E-state index contributed by atoms with van der Waals surface area (Å²) in [6.07, 6.45) is 2.84. The number of hydrogen-bond acceptors (Lipinski definition) is 3. The molecule has 0 radical (unpaired) electrons. The minimum absolute atomic E-state index is 0.252. The van der Waals surface area contributed by atoms with Crippen molar-refractivity contribution in [1.82, 2.24) is 4.90 Å². The lowest BCUT2D eigenvalue weighted by atomic mass is 10.0. The van der Waals surface area contributed by atoms with E-state index in [0.717, 1.165) is 19.6 Å². The van der Waals surface area contributed by atoms with E-state index in [-0.39, 0.29) is 5.41 Å². The van der Waals surface area contributed by atoms with Crippen molar-refractivity contribution < 1.29 is 9.53 Å². The van der Waals surface area contributed by atoms with E-state index in [1.54, 1.807) is 0 Å². The van der Waals surface area contributed by atoms with Crippen LogP contribution in [0.5, 0.6) is 0 Å². The van der Waals surface area contributed by atoms with Gasteiger partial charge in [-0.1, -0.05) is 20.8 Å². The molecule has 0 atom stereocenters. The zero-order chi connectivity index (χ0) is 13.6. The van der Waals surface area contributed by atoms with E-state index in [1.165, 1.54) is 12.8 Å². The average Bonchev–Trinajstić information content (AvgIpc) is 2.93. The summed E-state index contributed by atoms with van der Waals surface area (Å²) in [5.74, 6) is 0. The van der Waals surface area contributed by atoms with Gasteiger partial charge in [-0.15, -0.1) is 0 Å². The second-order valence-corrected chi connectivity index (χ2v) is 12.6. The van der Waals surface area contributed by atoms with Crippen molar-refractivity contribution in [3.8, 4) is 0 Å². The summed E-state index contributed by atoms with van der Waals surface area (Å²) in [5, 5.41) is 9.63. The smallest absolute Gasteiger partial charge is 0.192 e. The summed E-state index contributed by atoms with van der Waals surface area (Å²) in [6.45, 7) is 15.1. The lowest BCUT2D eigenvalue weighted by Gasteiger charge is -2.47. The van der Waals surface area contributed by atoms with Crippen LogP contribution < -0.4 is 0 Å². The van der Waals surface area contributed by atoms with Gasteiger partial charge < -0.3 is 9.53 Å². The van der Waals surface area contributed by atoms with Crippen molar-refractivity contribution in [2.75, 3.05) is 26.2 Å².